The number of benzene rings is 1. The van der Waals surface area contributed by atoms with Gasteiger partial charge in [-0.25, -0.2) is 23.7 Å². The second-order valence-corrected chi connectivity index (χ2v) is 6.83. The molecule has 9 nitrogen and oxygen atoms in total. The van der Waals surface area contributed by atoms with E-state index in [0.717, 1.165) is 12.1 Å². The van der Waals surface area contributed by atoms with Crippen molar-refractivity contribution in [2.24, 2.45) is 0 Å². The minimum atomic E-state index is -1.31. The molecule has 4 N–H and O–H groups in total. The summed E-state index contributed by atoms with van der Waals surface area (Å²) in [6, 6.07) is 1.91. The van der Waals surface area contributed by atoms with Crippen molar-refractivity contribution in [1.82, 2.24) is 19.5 Å². The van der Waals surface area contributed by atoms with Gasteiger partial charge in [0.05, 0.1) is 18.0 Å². The fourth-order valence-electron chi connectivity index (χ4n) is 3.18. The molecule has 3 aromatic rings. The number of aromatic nitrogens is 4. The molecule has 1 saturated heterocycles. The van der Waals surface area contributed by atoms with Gasteiger partial charge in [-0.15, -0.1) is 0 Å². The highest BCUT2D eigenvalue weighted by Crippen LogP contribution is 2.32. The predicted molar refractivity (Wildman–Crippen MR) is 97.0 cm³/mol. The van der Waals surface area contributed by atoms with Crippen molar-refractivity contribution in [3.8, 4) is 0 Å². The Balaban J connectivity index is 1.63. The second-order valence-electron chi connectivity index (χ2n) is 6.45. The fraction of sp³-hybridized carbons (Fsp3) is 0.353. The van der Waals surface area contributed by atoms with Crippen molar-refractivity contribution in [3.63, 3.8) is 0 Å². The molecule has 4 rings (SSSR count). The van der Waals surface area contributed by atoms with E-state index in [9.17, 15) is 24.1 Å². The van der Waals surface area contributed by atoms with Gasteiger partial charge in [0.25, 0.3) is 0 Å². The maximum Gasteiger partial charge on any atom is 0.167 e. The molecule has 154 valence electrons. The predicted octanol–water partition coefficient (Wildman–Crippen LogP) is 0.981. The van der Waals surface area contributed by atoms with Gasteiger partial charge >= 0.3 is 0 Å². The van der Waals surface area contributed by atoms with E-state index >= 15 is 0 Å². The summed E-state index contributed by atoms with van der Waals surface area (Å²) in [5.41, 5.74) is 0.475. The summed E-state index contributed by atoms with van der Waals surface area (Å²) >= 11 is 5.83. The Morgan fingerprint density at radius 2 is 1.90 bits per heavy atom. The summed E-state index contributed by atoms with van der Waals surface area (Å²) < 4.78 is 34.4. The first-order valence-corrected chi connectivity index (χ1v) is 8.96. The molecule has 0 saturated carbocycles. The van der Waals surface area contributed by atoms with Gasteiger partial charge in [-0.3, -0.25) is 4.57 Å². The normalized spacial score (nSPS) is 24.3. The molecule has 0 aliphatic carbocycles. The molecule has 1 aliphatic rings. The van der Waals surface area contributed by atoms with Crippen LogP contribution in [0.2, 0.25) is 5.02 Å². The van der Waals surface area contributed by atoms with Gasteiger partial charge in [0.15, 0.2) is 23.2 Å². The molecule has 1 aliphatic heterocycles. The van der Waals surface area contributed by atoms with Crippen molar-refractivity contribution in [2.45, 2.75) is 31.1 Å². The van der Waals surface area contributed by atoms with Crippen LogP contribution < -0.4 is 5.32 Å². The van der Waals surface area contributed by atoms with E-state index in [1.54, 1.807) is 0 Å². The first-order chi connectivity index (χ1) is 13.9. The zero-order chi connectivity index (χ0) is 20.7. The molecule has 12 heteroatoms. The van der Waals surface area contributed by atoms with E-state index in [4.69, 9.17) is 16.3 Å². The third kappa shape index (κ3) is 3.40. The number of aliphatic hydroxyl groups excluding tert-OH is 3. The number of halogens is 3. The molecule has 1 unspecified atom stereocenters. The van der Waals surface area contributed by atoms with Crippen LogP contribution >= 0.6 is 11.6 Å². The average Bonchev–Trinajstić information content (AvgIpc) is 3.26. The van der Waals surface area contributed by atoms with Crippen LogP contribution in [0.1, 0.15) is 11.8 Å². The van der Waals surface area contributed by atoms with Crippen LogP contribution in [0.3, 0.4) is 0 Å². The Morgan fingerprint density at radius 3 is 2.62 bits per heavy atom. The highest BCUT2D eigenvalue weighted by atomic mass is 35.5. The Hall–Kier alpha value is -2.44. The summed E-state index contributed by atoms with van der Waals surface area (Å²) in [5.74, 6) is -1.20. The zero-order valence-electron chi connectivity index (χ0n) is 14.7. The highest BCUT2D eigenvalue weighted by molar-refractivity contribution is 6.31. The number of aliphatic hydroxyl groups is 3. The van der Waals surface area contributed by atoms with Crippen molar-refractivity contribution in [1.29, 1.82) is 0 Å². The lowest BCUT2D eigenvalue weighted by atomic mass is 10.1. The molecule has 2 aromatic heterocycles. The van der Waals surface area contributed by atoms with Gasteiger partial charge in [-0.05, 0) is 12.1 Å². The number of rotatable bonds is 5. The number of imidazole rings is 1. The summed E-state index contributed by atoms with van der Waals surface area (Å²) in [7, 11) is 0. The Kier molecular flexibility index (Phi) is 5.32. The Labute approximate surface area is 167 Å². The van der Waals surface area contributed by atoms with E-state index < -0.39 is 42.8 Å². The standard InChI is InChI=1S/C17H16ClF2N5O4/c18-11-7(8(19)1-2-9(11)20)3-21-15-12-16(23-5-22-15)25(6-24-12)17-14(28)13(27)10(4-26)29-17/h1-2,5-6,10,13-14,17,26-28H,3-4H2,(H,21,22,23)/t10-,13-,14-,17?/m1/s1. The van der Waals surface area contributed by atoms with Gasteiger partial charge in [-0.2, -0.15) is 0 Å². The molecule has 4 atom stereocenters. The molecule has 0 spiro atoms. The molecule has 0 amide bonds. The lowest BCUT2D eigenvalue weighted by molar-refractivity contribution is -0.0511. The number of hydrogen-bond acceptors (Lipinski definition) is 8. The number of ether oxygens (including phenoxy) is 1. The molecule has 29 heavy (non-hydrogen) atoms. The smallest absolute Gasteiger partial charge is 0.167 e. The van der Waals surface area contributed by atoms with Gasteiger partial charge in [0.2, 0.25) is 0 Å². The average molecular weight is 428 g/mol. The maximum absolute atomic E-state index is 14.0. The van der Waals surface area contributed by atoms with Crippen LogP contribution in [0.25, 0.3) is 11.2 Å². The molecule has 0 bridgehead atoms. The van der Waals surface area contributed by atoms with Gasteiger partial charge in [0.1, 0.15) is 36.3 Å². The highest BCUT2D eigenvalue weighted by Gasteiger charge is 2.44. The summed E-state index contributed by atoms with van der Waals surface area (Å²) in [6.45, 7) is -0.627. The largest absolute Gasteiger partial charge is 0.394 e. The first-order valence-electron chi connectivity index (χ1n) is 8.58. The van der Waals surface area contributed by atoms with Crippen LogP contribution in [0.5, 0.6) is 0 Å². The minimum absolute atomic E-state index is 0.0682. The van der Waals surface area contributed by atoms with Crippen LogP contribution in [0.15, 0.2) is 24.8 Å². The molecule has 3 heterocycles. The van der Waals surface area contributed by atoms with Crippen LogP contribution in [0, 0.1) is 11.6 Å². The number of nitrogens with one attached hydrogen (secondary N) is 1. The molecular formula is C17H16ClF2N5O4. The monoisotopic (exact) mass is 427 g/mol. The minimum Gasteiger partial charge on any atom is -0.394 e. The summed E-state index contributed by atoms with van der Waals surface area (Å²) in [5, 5.41) is 31.9. The van der Waals surface area contributed by atoms with Crippen molar-refractivity contribution in [2.75, 3.05) is 11.9 Å². The van der Waals surface area contributed by atoms with Crippen LogP contribution in [-0.2, 0) is 11.3 Å². The van der Waals surface area contributed by atoms with Crippen molar-refractivity contribution < 1.29 is 28.8 Å². The fourth-order valence-corrected chi connectivity index (χ4v) is 3.40. The van der Waals surface area contributed by atoms with Crippen molar-refractivity contribution in [3.05, 3.63) is 47.0 Å². The lowest BCUT2D eigenvalue weighted by Crippen LogP contribution is -2.33. The van der Waals surface area contributed by atoms with E-state index in [-0.39, 0.29) is 34.1 Å². The van der Waals surface area contributed by atoms with Gasteiger partial charge in [-0.1, -0.05) is 11.6 Å². The number of hydrogen-bond donors (Lipinski definition) is 4. The van der Waals surface area contributed by atoms with Crippen LogP contribution in [-0.4, -0.2) is 59.8 Å². The maximum atomic E-state index is 14.0. The van der Waals surface area contributed by atoms with E-state index in [1.165, 1.54) is 17.2 Å². The quantitative estimate of drug-likeness (QED) is 0.444. The van der Waals surface area contributed by atoms with E-state index in [1.807, 2.05) is 0 Å². The molecule has 1 aromatic carbocycles. The second kappa shape index (κ2) is 7.76. The summed E-state index contributed by atoms with van der Waals surface area (Å²) in [6.07, 6.45) is -2.01. The third-order valence-electron chi connectivity index (χ3n) is 4.72. The SMILES string of the molecule is OC[C@H]1OC(n2cnc3c(NCc4c(F)ccc(F)c4Cl)ncnc32)[C@H](O)[C@@H]1O. The lowest BCUT2D eigenvalue weighted by Gasteiger charge is -2.16. The number of anilines is 1. The van der Waals surface area contributed by atoms with Gasteiger partial charge in [0, 0.05) is 12.1 Å². The van der Waals surface area contributed by atoms with Crippen molar-refractivity contribution >= 4 is 28.6 Å². The first kappa shape index (κ1) is 19.9. The number of nitrogens with zero attached hydrogens (tertiary/aromatic N) is 4. The molecular weight excluding hydrogens is 412 g/mol. The molecule has 0 radical (unpaired) electrons. The topological polar surface area (TPSA) is 126 Å². The molecule has 1 fully saturated rings. The van der Waals surface area contributed by atoms with E-state index in [2.05, 4.69) is 20.3 Å². The summed E-state index contributed by atoms with van der Waals surface area (Å²) in [4.78, 5) is 12.4. The van der Waals surface area contributed by atoms with Crippen LogP contribution in [0.4, 0.5) is 14.6 Å². The van der Waals surface area contributed by atoms with Gasteiger partial charge < -0.3 is 25.4 Å². The number of fused-ring (bicyclic) bond motifs is 1. The Bertz CT molecular complexity index is 1050. The Morgan fingerprint density at radius 1 is 1.14 bits per heavy atom. The third-order valence-corrected chi connectivity index (χ3v) is 5.13. The van der Waals surface area contributed by atoms with E-state index in [0.29, 0.717) is 0 Å². The zero-order valence-corrected chi connectivity index (χ0v) is 15.5.